The molecule has 0 saturated carbocycles. The summed E-state index contributed by atoms with van der Waals surface area (Å²) in [7, 11) is 0. The highest BCUT2D eigenvalue weighted by Crippen LogP contribution is 2.17. The van der Waals surface area contributed by atoms with Crippen molar-refractivity contribution in [2.45, 2.75) is 26.2 Å². The monoisotopic (exact) mass is 177 g/mol. The van der Waals surface area contributed by atoms with Gasteiger partial charge in [0.25, 0.3) is 0 Å². The van der Waals surface area contributed by atoms with Gasteiger partial charge in [0.15, 0.2) is 0 Å². The molecule has 0 saturated heterocycles. The SMILES string of the molecule is CCNCC(CC)c1ccccc1. The molecule has 0 radical (unpaired) electrons. The van der Waals surface area contributed by atoms with Crippen LogP contribution in [0.5, 0.6) is 0 Å². The van der Waals surface area contributed by atoms with Crippen molar-refractivity contribution in [3.05, 3.63) is 35.9 Å². The summed E-state index contributed by atoms with van der Waals surface area (Å²) in [6.07, 6.45) is 1.21. The number of nitrogens with one attached hydrogen (secondary N) is 1. The Balaban J connectivity index is 2.56. The Morgan fingerprint density at radius 3 is 2.38 bits per heavy atom. The molecule has 0 spiro atoms. The molecule has 0 aliphatic carbocycles. The van der Waals surface area contributed by atoms with Gasteiger partial charge < -0.3 is 5.32 Å². The second-order valence-corrected chi connectivity index (χ2v) is 3.32. The summed E-state index contributed by atoms with van der Waals surface area (Å²) < 4.78 is 0. The topological polar surface area (TPSA) is 12.0 Å². The predicted octanol–water partition coefficient (Wildman–Crippen LogP) is 2.79. The maximum atomic E-state index is 3.40. The van der Waals surface area contributed by atoms with Crippen molar-refractivity contribution in [2.75, 3.05) is 13.1 Å². The minimum absolute atomic E-state index is 0.668. The van der Waals surface area contributed by atoms with E-state index in [4.69, 9.17) is 0 Å². The molecule has 0 aromatic heterocycles. The lowest BCUT2D eigenvalue weighted by Crippen LogP contribution is -2.20. The summed E-state index contributed by atoms with van der Waals surface area (Å²) in [5.41, 5.74) is 1.45. The number of benzene rings is 1. The average molecular weight is 177 g/mol. The molecule has 1 nitrogen and oxygen atoms in total. The summed E-state index contributed by atoms with van der Waals surface area (Å²) in [4.78, 5) is 0. The van der Waals surface area contributed by atoms with Gasteiger partial charge in [-0.3, -0.25) is 0 Å². The molecule has 0 fully saturated rings. The zero-order chi connectivity index (χ0) is 9.52. The lowest BCUT2D eigenvalue weighted by molar-refractivity contribution is 0.584. The van der Waals surface area contributed by atoms with E-state index in [2.05, 4.69) is 49.5 Å². The Hall–Kier alpha value is -0.820. The zero-order valence-electron chi connectivity index (χ0n) is 8.59. The maximum Gasteiger partial charge on any atom is 0.00199 e. The lowest BCUT2D eigenvalue weighted by atomic mass is 9.97. The lowest BCUT2D eigenvalue weighted by Gasteiger charge is -2.15. The van der Waals surface area contributed by atoms with Crippen molar-refractivity contribution in [1.82, 2.24) is 5.32 Å². The van der Waals surface area contributed by atoms with Crippen molar-refractivity contribution < 1.29 is 0 Å². The number of likely N-dealkylation sites (N-methyl/N-ethyl adjacent to an activating group) is 1. The molecule has 1 heteroatoms. The van der Waals surface area contributed by atoms with Crippen LogP contribution < -0.4 is 5.32 Å². The molecule has 1 aromatic rings. The predicted molar refractivity (Wildman–Crippen MR) is 58.0 cm³/mol. The summed E-state index contributed by atoms with van der Waals surface area (Å²) in [5, 5.41) is 3.40. The summed E-state index contributed by atoms with van der Waals surface area (Å²) in [6.45, 7) is 6.55. The van der Waals surface area contributed by atoms with Crippen LogP contribution in [0, 0.1) is 0 Å². The van der Waals surface area contributed by atoms with Crippen molar-refractivity contribution in [3.63, 3.8) is 0 Å². The van der Waals surface area contributed by atoms with Gasteiger partial charge in [0.2, 0.25) is 0 Å². The van der Waals surface area contributed by atoms with E-state index in [0.717, 1.165) is 13.1 Å². The maximum absolute atomic E-state index is 3.40. The molecule has 1 atom stereocenters. The van der Waals surface area contributed by atoms with E-state index in [1.807, 2.05) is 0 Å². The van der Waals surface area contributed by atoms with Gasteiger partial charge in [0, 0.05) is 6.54 Å². The molecule has 1 aromatic carbocycles. The first-order valence-electron chi connectivity index (χ1n) is 5.14. The van der Waals surface area contributed by atoms with Gasteiger partial charge in [0.1, 0.15) is 0 Å². The van der Waals surface area contributed by atoms with Crippen LogP contribution in [-0.2, 0) is 0 Å². The highest BCUT2D eigenvalue weighted by molar-refractivity contribution is 5.19. The Morgan fingerprint density at radius 2 is 1.85 bits per heavy atom. The van der Waals surface area contributed by atoms with Gasteiger partial charge >= 0.3 is 0 Å². The fourth-order valence-electron chi connectivity index (χ4n) is 1.54. The first kappa shape index (κ1) is 10.3. The Morgan fingerprint density at radius 1 is 1.15 bits per heavy atom. The minimum Gasteiger partial charge on any atom is -0.316 e. The third kappa shape index (κ3) is 3.19. The van der Waals surface area contributed by atoms with Crippen LogP contribution in [0.1, 0.15) is 31.7 Å². The van der Waals surface area contributed by atoms with E-state index < -0.39 is 0 Å². The average Bonchev–Trinajstić information content (AvgIpc) is 2.21. The van der Waals surface area contributed by atoms with Crippen LogP contribution in [0.4, 0.5) is 0 Å². The first-order chi connectivity index (χ1) is 6.38. The third-order valence-electron chi connectivity index (χ3n) is 2.40. The van der Waals surface area contributed by atoms with E-state index in [9.17, 15) is 0 Å². The van der Waals surface area contributed by atoms with Crippen LogP contribution in [0.2, 0.25) is 0 Å². The Labute approximate surface area is 81.2 Å². The largest absolute Gasteiger partial charge is 0.316 e. The van der Waals surface area contributed by atoms with Gasteiger partial charge in [-0.1, -0.05) is 44.2 Å². The normalized spacial score (nSPS) is 12.8. The summed E-state index contributed by atoms with van der Waals surface area (Å²) in [5.74, 6) is 0.668. The molecular weight excluding hydrogens is 158 g/mol. The second kappa shape index (κ2) is 5.76. The van der Waals surface area contributed by atoms with E-state index in [-0.39, 0.29) is 0 Å². The molecule has 72 valence electrons. The van der Waals surface area contributed by atoms with Gasteiger partial charge in [0.05, 0.1) is 0 Å². The number of hydrogen-bond acceptors (Lipinski definition) is 1. The number of hydrogen-bond donors (Lipinski definition) is 1. The van der Waals surface area contributed by atoms with Gasteiger partial charge in [-0.15, -0.1) is 0 Å². The quantitative estimate of drug-likeness (QED) is 0.729. The third-order valence-corrected chi connectivity index (χ3v) is 2.40. The van der Waals surface area contributed by atoms with E-state index in [1.54, 1.807) is 0 Å². The standard InChI is InChI=1S/C12H19N/c1-3-11(10-13-4-2)12-8-6-5-7-9-12/h5-9,11,13H,3-4,10H2,1-2H3. The number of rotatable bonds is 5. The summed E-state index contributed by atoms with van der Waals surface area (Å²) >= 11 is 0. The molecule has 1 rings (SSSR count). The zero-order valence-corrected chi connectivity index (χ0v) is 8.59. The van der Waals surface area contributed by atoms with Gasteiger partial charge in [-0.2, -0.15) is 0 Å². The van der Waals surface area contributed by atoms with Crippen molar-refractivity contribution in [3.8, 4) is 0 Å². The molecule has 13 heavy (non-hydrogen) atoms. The first-order valence-corrected chi connectivity index (χ1v) is 5.14. The Kier molecular flexibility index (Phi) is 4.55. The minimum atomic E-state index is 0.668. The summed E-state index contributed by atoms with van der Waals surface area (Å²) in [6, 6.07) is 10.7. The highest BCUT2D eigenvalue weighted by Gasteiger charge is 2.06. The molecule has 0 heterocycles. The van der Waals surface area contributed by atoms with E-state index in [0.29, 0.717) is 5.92 Å². The van der Waals surface area contributed by atoms with Crippen molar-refractivity contribution in [1.29, 1.82) is 0 Å². The fourth-order valence-corrected chi connectivity index (χ4v) is 1.54. The van der Waals surface area contributed by atoms with Crippen LogP contribution in [0.25, 0.3) is 0 Å². The highest BCUT2D eigenvalue weighted by atomic mass is 14.8. The second-order valence-electron chi connectivity index (χ2n) is 3.32. The fraction of sp³-hybridized carbons (Fsp3) is 0.500. The Bertz CT molecular complexity index is 218. The van der Waals surface area contributed by atoms with Gasteiger partial charge in [-0.25, -0.2) is 0 Å². The molecular formula is C12H19N. The molecule has 0 amide bonds. The van der Waals surface area contributed by atoms with Crippen LogP contribution >= 0.6 is 0 Å². The van der Waals surface area contributed by atoms with Crippen LogP contribution in [0.15, 0.2) is 30.3 Å². The molecule has 0 aliphatic rings. The molecule has 1 unspecified atom stereocenters. The smallest absolute Gasteiger partial charge is 0.00199 e. The van der Waals surface area contributed by atoms with Crippen molar-refractivity contribution >= 4 is 0 Å². The van der Waals surface area contributed by atoms with Gasteiger partial charge in [-0.05, 0) is 24.4 Å². The molecule has 0 aliphatic heterocycles. The van der Waals surface area contributed by atoms with Crippen LogP contribution in [0.3, 0.4) is 0 Å². The van der Waals surface area contributed by atoms with Crippen LogP contribution in [-0.4, -0.2) is 13.1 Å². The molecule has 1 N–H and O–H groups in total. The molecule has 0 bridgehead atoms. The van der Waals surface area contributed by atoms with Crippen molar-refractivity contribution in [2.24, 2.45) is 0 Å². The van der Waals surface area contributed by atoms with E-state index in [1.165, 1.54) is 12.0 Å². The van der Waals surface area contributed by atoms with E-state index >= 15 is 0 Å².